The fraction of sp³-hybridized carbons (Fsp3) is 0.857. The van der Waals surface area contributed by atoms with Gasteiger partial charge in [0.2, 0.25) is 11.8 Å². The lowest BCUT2D eigenvalue weighted by Crippen LogP contribution is -2.35. The van der Waals surface area contributed by atoms with Crippen molar-refractivity contribution in [1.82, 2.24) is 15.5 Å². The van der Waals surface area contributed by atoms with Gasteiger partial charge in [-0.2, -0.15) is 0 Å². The third-order valence-electron chi connectivity index (χ3n) is 4.31. The van der Waals surface area contributed by atoms with E-state index in [2.05, 4.69) is 36.3 Å². The predicted octanol–water partition coefficient (Wildman–Crippen LogP) is 2.86. The van der Waals surface area contributed by atoms with Crippen LogP contribution in [0.5, 0.6) is 0 Å². The topological polar surface area (TPSA) is 51.0 Å². The molecule has 1 N–H and O–H groups in total. The molecule has 2 saturated carbocycles. The summed E-state index contributed by atoms with van der Waals surface area (Å²) in [6.45, 7) is 7.08. The highest BCUT2D eigenvalue weighted by Gasteiger charge is 2.42. The van der Waals surface area contributed by atoms with Crippen molar-refractivity contribution in [2.45, 2.75) is 64.5 Å². The Morgan fingerprint density at radius 3 is 2.67 bits per heavy atom. The normalized spacial score (nSPS) is 31.2. The molecular weight excluding hydrogens is 226 g/mol. The van der Waals surface area contributed by atoms with Crippen molar-refractivity contribution in [3.8, 4) is 0 Å². The Morgan fingerprint density at radius 1 is 1.22 bits per heavy atom. The van der Waals surface area contributed by atoms with Crippen molar-refractivity contribution in [2.75, 3.05) is 0 Å². The molecule has 0 radical (unpaired) electrons. The third kappa shape index (κ3) is 2.44. The van der Waals surface area contributed by atoms with Gasteiger partial charge < -0.3 is 9.73 Å². The number of aromatic nitrogens is 2. The Labute approximate surface area is 109 Å². The Hall–Kier alpha value is -0.900. The standard InChI is InChI=1S/C14H23N3O/c1-14(2,3)15-8-12-16-17-13(18-12)11-7-9-4-5-10(11)6-9/h9-11,15H,4-8H2,1-3H3. The Bertz CT molecular complexity index is 421. The van der Waals surface area contributed by atoms with E-state index in [-0.39, 0.29) is 5.54 Å². The van der Waals surface area contributed by atoms with Gasteiger partial charge in [0, 0.05) is 11.5 Å². The van der Waals surface area contributed by atoms with Crippen LogP contribution in [-0.4, -0.2) is 15.7 Å². The highest BCUT2D eigenvalue weighted by atomic mass is 16.4. The molecule has 3 atom stereocenters. The van der Waals surface area contributed by atoms with Crippen molar-refractivity contribution in [1.29, 1.82) is 0 Å². The van der Waals surface area contributed by atoms with Gasteiger partial charge in [-0.15, -0.1) is 10.2 Å². The van der Waals surface area contributed by atoms with Gasteiger partial charge in [-0.3, -0.25) is 0 Å². The number of hydrogen-bond donors (Lipinski definition) is 1. The maximum atomic E-state index is 5.83. The summed E-state index contributed by atoms with van der Waals surface area (Å²) in [4.78, 5) is 0. The minimum atomic E-state index is 0.0844. The number of nitrogens with zero attached hydrogens (tertiary/aromatic N) is 2. The summed E-state index contributed by atoms with van der Waals surface area (Å²) in [5, 5.41) is 11.8. The molecule has 4 nitrogen and oxygen atoms in total. The Kier molecular flexibility index (Phi) is 2.93. The molecule has 2 aliphatic carbocycles. The van der Waals surface area contributed by atoms with Gasteiger partial charge in [-0.25, -0.2) is 0 Å². The smallest absolute Gasteiger partial charge is 0.230 e. The molecule has 3 unspecified atom stereocenters. The highest BCUT2D eigenvalue weighted by molar-refractivity contribution is 5.04. The van der Waals surface area contributed by atoms with Crippen LogP contribution >= 0.6 is 0 Å². The van der Waals surface area contributed by atoms with Crippen LogP contribution in [0.3, 0.4) is 0 Å². The van der Waals surface area contributed by atoms with Crippen LogP contribution in [0.25, 0.3) is 0 Å². The molecule has 100 valence electrons. The number of rotatable bonds is 3. The summed E-state index contributed by atoms with van der Waals surface area (Å²) in [6, 6.07) is 0. The molecule has 0 amide bonds. The molecule has 1 aromatic rings. The fourth-order valence-electron chi connectivity index (χ4n) is 3.38. The molecule has 0 aromatic carbocycles. The molecule has 2 aliphatic rings. The maximum absolute atomic E-state index is 5.83. The first-order valence-electron chi connectivity index (χ1n) is 7.08. The molecule has 3 rings (SSSR count). The molecule has 0 spiro atoms. The Balaban J connectivity index is 1.63. The third-order valence-corrected chi connectivity index (χ3v) is 4.31. The summed E-state index contributed by atoms with van der Waals surface area (Å²) in [5.41, 5.74) is 0.0844. The van der Waals surface area contributed by atoms with Gasteiger partial charge in [0.1, 0.15) is 0 Å². The van der Waals surface area contributed by atoms with E-state index in [1.54, 1.807) is 0 Å². The second kappa shape index (κ2) is 4.34. The number of nitrogens with one attached hydrogen (secondary N) is 1. The predicted molar refractivity (Wildman–Crippen MR) is 69.1 cm³/mol. The molecule has 1 heterocycles. The van der Waals surface area contributed by atoms with Gasteiger partial charge in [0.25, 0.3) is 0 Å². The van der Waals surface area contributed by atoms with Crippen molar-refractivity contribution >= 4 is 0 Å². The van der Waals surface area contributed by atoms with Gasteiger partial charge >= 0.3 is 0 Å². The second-order valence-corrected chi connectivity index (χ2v) is 6.92. The van der Waals surface area contributed by atoms with Crippen LogP contribution in [0.4, 0.5) is 0 Å². The van der Waals surface area contributed by atoms with E-state index in [1.165, 1.54) is 25.7 Å². The van der Waals surface area contributed by atoms with E-state index < -0.39 is 0 Å². The lowest BCUT2D eigenvalue weighted by Gasteiger charge is -2.19. The van der Waals surface area contributed by atoms with Gasteiger partial charge in [0.15, 0.2) is 0 Å². The van der Waals surface area contributed by atoms with E-state index in [4.69, 9.17) is 4.42 Å². The molecule has 2 fully saturated rings. The van der Waals surface area contributed by atoms with Crippen molar-refractivity contribution in [3.05, 3.63) is 11.8 Å². The quantitative estimate of drug-likeness (QED) is 0.895. The van der Waals surface area contributed by atoms with Gasteiger partial charge in [0.05, 0.1) is 6.54 Å². The summed E-state index contributed by atoms with van der Waals surface area (Å²) in [6.07, 6.45) is 5.41. The van der Waals surface area contributed by atoms with Crippen LogP contribution in [0, 0.1) is 11.8 Å². The SMILES string of the molecule is CC(C)(C)NCc1nnc(C2CC3CCC2C3)o1. The first-order valence-corrected chi connectivity index (χ1v) is 7.08. The summed E-state index contributed by atoms with van der Waals surface area (Å²) in [5.74, 6) is 3.87. The van der Waals surface area contributed by atoms with E-state index in [1.807, 2.05) is 0 Å². The first-order chi connectivity index (χ1) is 8.51. The number of fused-ring (bicyclic) bond motifs is 2. The molecule has 2 bridgehead atoms. The average molecular weight is 249 g/mol. The fourth-order valence-corrected chi connectivity index (χ4v) is 3.38. The summed E-state index contributed by atoms with van der Waals surface area (Å²) >= 11 is 0. The second-order valence-electron chi connectivity index (χ2n) is 6.92. The lowest BCUT2D eigenvalue weighted by atomic mass is 9.89. The van der Waals surface area contributed by atoms with E-state index in [9.17, 15) is 0 Å². The minimum Gasteiger partial charge on any atom is -0.424 e. The molecule has 0 aliphatic heterocycles. The first kappa shape index (κ1) is 12.2. The molecule has 4 heteroatoms. The van der Waals surface area contributed by atoms with Crippen LogP contribution in [-0.2, 0) is 6.54 Å². The molecule has 1 aromatic heterocycles. The van der Waals surface area contributed by atoms with Crippen molar-refractivity contribution < 1.29 is 4.42 Å². The molecule has 18 heavy (non-hydrogen) atoms. The van der Waals surface area contributed by atoms with Gasteiger partial charge in [-0.1, -0.05) is 6.42 Å². The van der Waals surface area contributed by atoms with Crippen LogP contribution in [0.15, 0.2) is 4.42 Å². The molecular formula is C14H23N3O. The summed E-state index contributed by atoms with van der Waals surface area (Å²) in [7, 11) is 0. The summed E-state index contributed by atoms with van der Waals surface area (Å²) < 4.78 is 5.83. The van der Waals surface area contributed by atoms with E-state index >= 15 is 0 Å². The van der Waals surface area contributed by atoms with Crippen LogP contribution in [0.2, 0.25) is 0 Å². The maximum Gasteiger partial charge on any atom is 0.230 e. The molecule has 0 saturated heterocycles. The Morgan fingerprint density at radius 2 is 2.06 bits per heavy atom. The minimum absolute atomic E-state index is 0.0844. The number of hydrogen-bond acceptors (Lipinski definition) is 4. The average Bonchev–Trinajstić information content (AvgIpc) is 3.01. The zero-order valence-electron chi connectivity index (χ0n) is 11.6. The monoisotopic (exact) mass is 249 g/mol. The van der Waals surface area contributed by atoms with E-state index in [0.29, 0.717) is 12.5 Å². The van der Waals surface area contributed by atoms with Crippen molar-refractivity contribution in [2.24, 2.45) is 11.8 Å². The van der Waals surface area contributed by atoms with Crippen molar-refractivity contribution in [3.63, 3.8) is 0 Å². The lowest BCUT2D eigenvalue weighted by molar-refractivity contribution is 0.322. The zero-order chi connectivity index (χ0) is 12.8. The largest absolute Gasteiger partial charge is 0.424 e. The van der Waals surface area contributed by atoms with Crippen LogP contribution in [0.1, 0.15) is 64.2 Å². The van der Waals surface area contributed by atoms with Gasteiger partial charge in [-0.05, 0) is 51.9 Å². The highest BCUT2D eigenvalue weighted by Crippen LogP contribution is 2.52. The van der Waals surface area contributed by atoms with E-state index in [0.717, 1.165) is 23.6 Å². The zero-order valence-corrected chi connectivity index (χ0v) is 11.6. The van der Waals surface area contributed by atoms with Crippen LogP contribution < -0.4 is 5.32 Å².